The monoisotopic (exact) mass is 350 g/mol. The maximum Gasteiger partial charge on any atom is 0.245 e. The van der Waals surface area contributed by atoms with E-state index < -0.39 is 0 Å². The van der Waals surface area contributed by atoms with Crippen molar-refractivity contribution in [2.45, 2.75) is 51.6 Å². The number of likely N-dealkylation sites (tertiary alicyclic amines) is 1. The van der Waals surface area contributed by atoms with Gasteiger partial charge in [-0.05, 0) is 19.8 Å². The maximum absolute atomic E-state index is 12.9. The van der Waals surface area contributed by atoms with Crippen molar-refractivity contribution in [1.82, 2.24) is 19.4 Å². The number of imidazole rings is 1. The van der Waals surface area contributed by atoms with E-state index in [1.54, 1.807) is 6.20 Å². The molecule has 0 bridgehead atoms. The second-order valence-electron chi connectivity index (χ2n) is 7.23. The summed E-state index contributed by atoms with van der Waals surface area (Å²) >= 11 is 2.06. The molecule has 0 radical (unpaired) electrons. The fraction of sp³-hybridized carbons (Fsp3) is 0.778. The summed E-state index contributed by atoms with van der Waals surface area (Å²) in [6.07, 6.45) is 5.98. The van der Waals surface area contributed by atoms with Crippen molar-refractivity contribution in [2.75, 3.05) is 37.7 Å². The molecule has 0 aliphatic carbocycles. The third kappa shape index (κ3) is 3.80. The Bertz CT molecular complexity index is 545. The molecule has 0 N–H and O–H groups in total. The van der Waals surface area contributed by atoms with Gasteiger partial charge in [0.1, 0.15) is 11.9 Å². The Hall–Kier alpha value is -1.01. The van der Waals surface area contributed by atoms with Crippen molar-refractivity contribution in [1.29, 1.82) is 0 Å². The zero-order chi connectivity index (χ0) is 17.1. The number of hydrogen-bond acceptors (Lipinski definition) is 4. The molecule has 24 heavy (non-hydrogen) atoms. The molecule has 0 unspecified atom stereocenters. The van der Waals surface area contributed by atoms with Crippen LogP contribution in [0, 0.1) is 0 Å². The number of hydrogen-bond donors (Lipinski definition) is 0. The van der Waals surface area contributed by atoms with Gasteiger partial charge in [0, 0.05) is 62.0 Å². The van der Waals surface area contributed by atoms with Gasteiger partial charge in [0.15, 0.2) is 0 Å². The molecule has 2 aliphatic rings. The molecular formula is C18H30N4OS. The van der Waals surface area contributed by atoms with Gasteiger partial charge in [-0.1, -0.05) is 13.8 Å². The van der Waals surface area contributed by atoms with E-state index in [1.165, 1.54) is 24.6 Å². The summed E-state index contributed by atoms with van der Waals surface area (Å²) in [7, 11) is 0. The first-order chi connectivity index (χ1) is 11.6. The van der Waals surface area contributed by atoms with Crippen LogP contribution in [0.15, 0.2) is 12.4 Å². The molecule has 2 fully saturated rings. The van der Waals surface area contributed by atoms with E-state index in [4.69, 9.17) is 0 Å². The van der Waals surface area contributed by atoms with Crippen LogP contribution in [0.4, 0.5) is 0 Å². The van der Waals surface area contributed by atoms with Gasteiger partial charge in [0.25, 0.3) is 0 Å². The average Bonchev–Trinajstić information content (AvgIpc) is 3.11. The molecule has 6 heteroatoms. The van der Waals surface area contributed by atoms with Gasteiger partial charge in [-0.15, -0.1) is 0 Å². The summed E-state index contributed by atoms with van der Waals surface area (Å²) in [5, 5.41) is 0. The highest BCUT2D eigenvalue weighted by Crippen LogP contribution is 2.24. The first-order valence-corrected chi connectivity index (χ1v) is 10.4. The highest BCUT2D eigenvalue weighted by molar-refractivity contribution is 7.99. The highest BCUT2D eigenvalue weighted by atomic mass is 32.2. The molecule has 3 rings (SSSR count). The minimum atomic E-state index is -0.159. The summed E-state index contributed by atoms with van der Waals surface area (Å²) in [5.74, 6) is 4.08. The molecule has 1 aromatic rings. The largest absolute Gasteiger partial charge is 0.341 e. The summed E-state index contributed by atoms with van der Waals surface area (Å²) in [5.41, 5.74) is 0. The molecule has 2 saturated heterocycles. The average molecular weight is 351 g/mol. The number of amides is 1. The second kappa shape index (κ2) is 7.91. The highest BCUT2D eigenvalue weighted by Gasteiger charge is 2.30. The smallest absolute Gasteiger partial charge is 0.245 e. The van der Waals surface area contributed by atoms with E-state index in [-0.39, 0.29) is 11.9 Å². The van der Waals surface area contributed by atoms with Crippen LogP contribution < -0.4 is 0 Å². The first kappa shape index (κ1) is 17.8. The van der Waals surface area contributed by atoms with E-state index >= 15 is 0 Å². The molecule has 5 nitrogen and oxygen atoms in total. The topological polar surface area (TPSA) is 41.4 Å². The van der Waals surface area contributed by atoms with Crippen molar-refractivity contribution in [3.05, 3.63) is 18.2 Å². The Balaban J connectivity index is 1.57. The Morgan fingerprint density at radius 1 is 1.17 bits per heavy atom. The Morgan fingerprint density at radius 3 is 2.46 bits per heavy atom. The lowest BCUT2D eigenvalue weighted by atomic mass is 10.0. The fourth-order valence-corrected chi connectivity index (χ4v) is 4.81. The lowest BCUT2D eigenvalue weighted by Gasteiger charge is -2.40. The third-order valence-electron chi connectivity index (χ3n) is 5.33. The lowest BCUT2D eigenvalue weighted by Crippen LogP contribution is -2.50. The maximum atomic E-state index is 12.9. The number of carbonyl (C=O) groups excluding carboxylic acids is 1. The minimum absolute atomic E-state index is 0.159. The SMILES string of the molecule is CC(C)c1nccn1[C@H](C)C(=O)N1CCC(N2CCSCC2)CC1. The van der Waals surface area contributed by atoms with E-state index in [0.29, 0.717) is 12.0 Å². The van der Waals surface area contributed by atoms with Gasteiger partial charge in [-0.2, -0.15) is 11.8 Å². The molecule has 1 atom stereocenters. The number of rotatable bonds is 4. The van der Waals surface area contributed by atoms with Crippen LogP contribution in [0.3, 0.4) is 0 Å². The number of carbonyl (C=O) groups is 1. The van der Waals surface area contributed by atoms with Crippen molar-refractivity contribution >= 4 is 17.7 Å². The predicted octanol–water partition coefficient (Wildman–Crippen LogP) is 2.61. The van der Waals surface area contributed by atoms with E-state index in [2.05, 4.69) is 40.4 Å². The third-order valence-corrected chi connectivity index (χ3v) is 6.27. The lowest BCUT2D eigenvalue weighted by molar-refractivity contribution is -0.136. The van der Waals surface area contributed by atoms with Crippen molar-refractivity contribution in [2.24, 2.45) is 0 Å². The summed E-state index contributed by atoms with van der Waals surface area (Å²) in [6.45, 7) is 10.5. The van der Waals surface area contributed by atoms with E-state index in [0.717, 1.165) is 31.8 Å². The molecule has 0 spiro atoms. The van der Waals surface area contributed by atoms with Crippen LogP contribution in [0.5, 0.6) is 0 Å². The van der Waals surface area contributed by atoms with Gasteiger partial charge in [0.05, 0.1) is 0 Å². The molecule has 3 heterocycles. The minimum Gasteiger partial charge on any atom is -0.341 e. The van der Waals surface area contributed by atoms with Gasteiger partial charge >= 0.3 is 0 Å². The quantitative estimate of drug-likeness (QED) is 0.837. The fourth-order valence-electron chi connectivity index (χ4n) is 3.88. The van der Waals surface area contributed by atoms with E-state index in [9.17, 15) is 4.79 Å². The van der Waals surface area contributed by atoms with Crippen LogP contribution in [-0.2, 0) is 4.79 Å². The first-order valence-electron chi connectivity index (χ1n) is 9.21. The zero-order valence-electron chi connectivity index (χ0n) is 15.1. The molecule has 0 aromatic carbocycles. The second-order valence-corrected chi connectivity index (χ2v) is 8.45. The van der Waals surface area contributed by atoms with Gasteiger partial charge in [-0.25, -0.2) is 4.98 Å². The Labute approximate surface area is 149 Å². The summed E-state index contributed by atoms with van der Waals surface area (Å²) in [6, 6.07) is 0.512. The number of thioether (sulfide) groups is 1. The van der Waals surface area contributed by atoms with Crippen LogP contribution in [0.1, 0.15) is 51.4 Å². The standard InChI is InChI=1S/C18H30N4OS/c1-14(2)17-19-6-9-22(17)15(3)18(23)21-7-4-16(5-8-21)20-10-12-24-13-11-20/h6,9,14-16H,4-5,7-8,10-13H2,1-3H3/t15-/m1/s1. The molecule has 1 amide bonds. The number of aromatic nitrogens is 2. The van der Waals surface area contributed by atoms with Crippen molar-refractivity contribution in [3.8, 4) is 0 Å². The molecule has 0 saturated carbocycles. The summed E-state index contributed by atoms with van der Waals surface area (Å²) in [4.78, 5) is 22.0. The molecule has 1 aromatic heterocycles. The Morgan fingerprint density at radius 2 is 1.83 bits per heavy atom. The predicted molar refractivity (Wildman–Crippen MR) is 99.5 cm³/mol. The van der Waals surface area contributed by atoms with Gasteiger partial charge < -0.3 is 9.47 Å². The molecule has 134 valence electrons. The molecular weight excluding hydrogens is 320 g/mol. The van der Waals surface area contributed by atoms with Crippen molar-refractivity contribution < 1.29 is 4.79 Å². The van der Waals surface area contributed by atoms with Crippen LogP contribution in [-0.4, -0.2) is 69.0 Å². The number of nitrogens with zero attached hydrogens (tertiary/aromatic N) is 4. The summed E-state index contributed by atoms with van der Waals surface area (Å²) < 4.78 is 2.04. The van der Waals surface area contributed by atoms with Crippen LogP contribution >= 0.6 is 11.8 Å². The van der Waals surface area contributed by atoms with Crippen LogP contribution in [0.2, 0.25) is 0 Å². The van der Waals surface area contributed by atoms with Gasteiger partial charge in [0.2, 0.25) is 5.91 Å². The Kier molecular flexibility index (Phi) is 5.87. The normalized spacial score (nSPS) is 22.1. The van der Waals surface area contributed by atoms with Gasteiger partial charge in [-0.3, -0.25) is 9.69 Å². The van der Waals surface area contributed by atoms with Crippen molar-refractivity contribution in [3.63, 3.8) is 0 Å². The molecule has 2 aliphatic heterocycles. The zero-order valence-corrected chi connectivity index (χ0v) is 16.0. The van der Waals surface area contributed by atoms with Crippen LogP contribution in [0.25, 0.3) is 0 Å². The number of piperidine rings is 1. The van der Waals surface area contributed by atoms with E-state index in [1.807, 2.05) is 17.7 Å².